The van der Waals surface area contributed by atoms with Crippen molar-refractivity contribution >= 4 is 5.96 Å². The molecule has 1 aromatic carbocycles. The number of guanidine groups is 1. The zero-order valence-corrected chi connectivity index (χ0v) is 15.9. The molecule has 0 spiro atoms. The summed E-state index contributed by atoms with van der Waals surface area (Å²) in [5.41, 5.74) is 1.12. The van der Waals surface area contributed by atoms with Gasteiger partial charge in [0.05, 0.1) is 12.2 Å². The van der Waals surface area contributed by atoms with Crippen molar-refractivity contribution < 1.29 is 13.3 Å². The first-order valence-corrected chi connectivity index (χ1v) is 9.43. The number of halogens is 2. The Bertz CT molecular complexity index is 781. The zero-order chi connectivity index (χ0) is 19.4. The van der Waals surface area contributed by atoms with Crippen molar-refractivity contribution in [3.8, 4) is 0 Å². The standard InChI is InChI=1S/C20H26F2N4O/c1-4-12(5-2)17-9-13(27-26-17)11-24-20(23-3)25-18-10-14(18)19-15(21)7-6-8-16(19)22/h6-9,12,14,18H,4-5,10-11H2,1-3H3,(H2,23,24,25). The van der Waals surface area contributed by atoms with E-state index in [0.717, 1.165) is 24.3 Å². The number of aliphatic imine (C=N–C) groups is 1. The summed E-state index contributed by atoms with van der Waals surface area (Å²) in [7, 11) is 1.66. The van der Waals surface area contributed by atoms with Gasteiger partial charge in [-0.2, -0.15) is 0 Å². The van der Waals surface area contributed by atoms with Crippen molar-refractivity contribution in [2.45, 2.75) is 57.5 Å². The fourth-order valence-corrected chi connectivity index (χ4v) is 3.39. The number of hydrogen-bond acceptors (Lipinski definition) is 3. The number of nitrogens with zero attached hydrogens (tertiary/aromatic N) is 2. The summed E-state index contributed by atoms with van der Waals surface area (Å²) < 4.78 is 33.2. The molecule has 0 saturated heterocycles. The average Bonchev–Trinajstić information content (AvgIpc) is 3.24. The first-order valence-electron chi connectivity index (χ1n) is 9.43. The van der Waals surface area contributed by atoms with Gasteiger partial charge in [-0.05, 0) is 31.4 Å². The molecule has 0 amide bonds. The van der Waals surface area contributed by atoms with Gasteiger partial charge in [0.25, 0.3) is 0 Å². The van der Waals surface area contributed by atoms with E-state index in [0.29, 0.717) is 24.8 Å². The molecule has 2 atom stereocenters. The highest BCUT2D eigenvalue weighted by Crippen LogP contribution is 2.43. The van der Waals surface area contributed by atoms with Crippen molar-refractivity contribution in [3.05, 3.63) is 52.9 Å². The van der Waals surface area contributed by atoms with Gasteiger partial charge in [0.2, 0.25) is 0 Å². The van der Waals surface area contributed by atoms with Crippen LogP contribution in [0.3, 0.4) is 0 Å². The van der Waals surface area contributed by atoms with Crippen LogP contribution < -0.4 is 10.6 Å². The van der Waals surface area contributed by atoms with Gasteiger partial charge in [-0.3, -0.25) is 4.99 Å². The summed E-state index contributed by atoms with van der Waals surface area (Å²) in [4.78, 5) is 4.18. The second kappa shape index (κ2) is 8.50. The first kappa shape index (κ1) is 19.3. The minimum Gasteiger partial charge on any atom is -0.359 e. The minimum absolute atomic E-state index is 0.0440. The third-order valence-corrected chi connectivity index (χ3v) is 5.12. The van der Waals surface area contributed by atoms with Gasteiger partial charge in [-0.1, -0.05) is 25.1 Å². The number of rotatable bonds is 7. The van der Waals surface area contributed by atoms with Gasteiger partial charge in [0.1, 0.15) is 11.6 Å². The molecule has 0 bridgehead atoms. The van der Waals surface area contributed by atoms with Crippen LogP contribution in [-0.2, 0) is 6.54 Å². The van der Waals surface area contributed by atoms with Crippen LogP contribution in [-0.4, -0.2) is 24.2 Å². The molecule has 1 saturated carbocycles. The molecule has 0 radical (unpaired) electrons. The van der Waals surface area contributed by atoms with E-state index in [1.165, 1.54) is 18.2 Å². The highest BCUT2D eigenvalue weighted by atomic mass is 19.1. The number of benzene rings is 1. The van der Waals surface area contributed by atoms with E-state index < -0.39 is 11.6 Å². The molecule has 146 valence electrons. The van der Waals surface area contributed by atoms with E-state index in [4.69, 9.17) is 4.52 Å². The van der Waals surface area contributed by atoms with Gasteiger partial charge in [-0.15, -0.1) is 0 Å². The van der Waals surface area contributed by atoms with E-state index >= 15 is 0 Å². The highest BCUT2D eigenvalue weighted by Gasteiger charge is 2.42. The van der Waals surface area contributed by atoms with Gasteiger partial charge >= 0.3 is 0 Å². The zero-order valence-electron chi connectivity index (χ0n) is 15.9. The lowest BCUT2D eigenvalue weighted by atomic mass is 9.99. The van der Waals surface area contributed by atoms with E-state index in [9.17, 15) is 8.78 Å². The highest BCUT2D eigenvalue weighted by molar-refractivity contribution is 5.80. The van der Waals surface area contributed by atoms with Gasteiger partial charge in [0.15, 0.2) is 11.7 Å². The smallest absolute Gasteiger partial charge is 0.191 e. The Labute approximate surface area is 158 Å². The summed E-state index contributed by atoms with van der Waals surface area (Å²) in [6, 6.07) is 5.89. The normalized spacial score (nSPS) is 19.4. The van der Waals surface area contributed by atoms with E-state index in [2.05, 4.69) is 34.6 Å². The van der Waals surface area contributed by atoms with Crippen molar-refractivity contribution in [1.82, 2.24) is 15.8 Å². The monoisotopic (exact) mass is 376 g/mol. The van der Waals surface area contributed by atoms with Crippen LogP contribution in [0.1, 0.15) is 62.0 Å². The van der Waals surface area contributed by atoms with Crippen molar-refractivity contribution in [1.29, 1.82) is 0 Å². The van der Waals surface area contributed by atoms with E-state index in [1.54, 1.807) is 7.05 Å². The molecule has 1 heterocycles. The van der Waals surface area contributed by atoms with Crippen molar-refractivity contribution in [2.75, 3.05) is 7.05 Å². The fraction of sp³-hybridized carbons (Fsp3) is 0.500. The van der Waals surface area contributed by atoms with Crippen molar-refractivity contribution in [2.24, 2.45) is 4.99 Å². The third-order valence-electron chi connectivity index (χ3n) is 5.12. The quantitative estimate of drug-likeness (QED) is 0.565. The van der Waals surface area contributed by atoms with E-state index in [-0.39, 0.29) is 17.5 Å². The predicted octanol–water partition coefficient (Wildman–Crippen LogP) is 4.08. The van der Waals surface area contributed by atoms with Gasteiger partial charge < -0.3 is 15.2 Å². The molecule has 1 aliphatic rings. The SMILES string of the molecule is CCC(CC)c1cc(CNC(=NC)NC2CC2c2c(F)cccc2F)on1. The minimum atomic E-state index is -0.497. The van der Waals surface area contributed by atoms with Crippen LogP contribution in [0, 0.1) is 11.6 Å². The van der Waals surface area contributed by atoms with E-state index in [1.807, 2.05) is 6.07 Å². The Morgan fingerprint density at radius 3 is 2.63 bits per heavy atom. The largest absolute Gasteiger partial charge is 0.359 e. The van der Waals surface area contributed by atoms with Crippen LogP contribution in [0.5, 0.6) is 0 Å². The Morgan fingerprint density at radius 1 is 1.30 bits per heavy atom. The molecule has 1 aromatic heterocycles. The fourth-order valence-electron chi connectivity index (χ4n) is 3.39. The molecule has 3 rings (SSSR count). The summed E-state index contributed by atoms with van der Waals surface area (Å²) >= 11 is 0. The number of nitrogens with one attached hydrogen (secondary N) is 2. The predicted molar refractivity (Wildman–Crippen MR) is 101 cm³/mol. The maximum atomic E-state index is 13.9. The molecular weight excluding hydrogens is 350 g/mol. The van der Waals surface area contributed by atoms with Crippen molar-refractivity contribution in [3.63, 3.8) is 0 Å². The molecule has 2 unspecified atom stereocenters. The summed E-state index contributed by atoms with van der Waals surface area (Å²) in [5, 5.41) is 10.5. The van der Waals surface area contributed by atoms with Gasteiger partial charge in [0, 0.05) is 36.6 Å². The van der Waals surface area contributed by atoms with Gasteiger partial charge in [-0.25, -0.2) is 8.78 Å². The molecule has 0 aliphatic heterocycles. The second-order valence-electron chi connectivity index (χ2n) is 6.89. The number of aromatic nitrogens is 1. The molecular formula is C20H26F2N4O. The molecule has 2 N–H and O–H groups in total. The Hall–Kier alpha value is -2.44. The molecule has 5 nitrogen and oxygen atoms in total. The molecule has 1 aliphatic carbocycles. The topological polar surface area (TPSA) is 62.5 Å². The lowest BCUT2D eigenvalue weighted by Gasteiger charge is -2.11. The number of hydrogen-bond donors (Lipinski definition) is 2. The third kappa shape index (κ3) is 4.46. The summed E-state index contributed by atoms with van der Waals surface area (Å²) in [6.07, 6.45) is 2.71. The Kier molecular flexibility index (Phi) is 6.08. The maximum absolute atomic E-state index is 13.9. The van der Waals surface area contributed by atoms with Crippen LogP contribution in [0.4, 0.5) is 8.78 Å². The summed E-state index contributed by atoms with van der Waals surface area (Å²) in [5.74, 6) is 0.525. The average molecular weight is 376 g/mol. The molecule has 1 fully saturated rings. The first-order chi connectivity index (χ1) is 13.1. The van der Waals surface area contributed by atoms with Crippen LogP contribution >= 0.6 is 0 Å². The summed E-state index contributed by atoms with van der Waals surface area (Å²) in [6.45, 7) is 4.71. The lowest BCUT2D eigenvalue weighted by molar-refractivity contribution is 0.368. The maximum Gasteiger partial charge on any atom is 0.191 e. The molecule has 7 heteroatoms. The molecule has 2 aromatic rings. The molecule has 27 heavy (non-hydrogen) atoms. The Balaban J connectivity index is 1.54. The van der Waals surface area contributed by atoms with Crippen LogP contribution in [0.15, 0.2) is 33.8 Å². The lowest BCUT2D eigenvalue weighted by Crippen LogP contribution is -2.38. The Morgan fingerprint density at radius 2 is 2.00 bits per heavy atom. The second-order valence-corrected chi connectivity index (χ2v) is 6.89. The van der Waals surface area contributed by atoms with Crippen LogP contribution in [0.25, 0.3) is 0 Å². The van der Waals surface area contributed by atoms with Crippen LogP contribution in [0.2, 0.25) is 0 Å².